The number of methoxy groups -OCH3 is 1. The largest absolute Gasteiger partial charge is 0.488 e. The predicted octanol–water partition coefficient (Wildman–Crippen LogP) is 4.09. The van der Waals surface area contributed by atoms with Crippen LogP contribution >= 0.6 is 0 Å². The molecule has 0 amide bonds. The van der Waals surface area contributed by atoms with Crippen LogP contribution in [0.15, 0.2) is 54.6 Å². The third kappa shape index (κ3) is 3.96. The molecule has 0 N–H and O–H groups in total. The summed E-state index contributed by atoms with van der Waals surface area (Å²) in [6.45, 7) is 2.41. The van der Waals surface area contributed by atoms with Crippen LogP contribution in [-0.4, -0.2) is 13.1 Å². The number of esters is 1. The van der Waals surface area contributed by atoms with E-state index in [4.69, 9.17) is 9.47 Å². The molecule has 0 heterocycles. The molecule has 0 fully saturated rings. The summed E-state index contributed by atoms with van der Waals surface area (Å²) in [5.41, 5.74) is 2.47. The Hall–Kier alpha value is -2.55. The van der Waals surface area contributed by atoms with E-state index in [9.17, 15) is 4.79 Å². The zero-order chi connectivity index (χ0) is 15.1. The normalized spacial score (nSPS) is 10.6. The van der Waals surface area contributed by atoms with Crippen LogP contribution in [0.1, 0.15) is 28.4 Å². The second kappa shape index (κ2) is 7.29. The molecule has 0 aliphatic heterocycles. The number of ether oxygens (including phenoxy) is 2. The third-order valence-electron chi connectivity index (χ3n) is 3.01. The van der Waals surface area contributed by atoms with Gasteiger partial charge < -0.3 is 9.47 Å². The highest BCUT2D eigenvalue weighted by molar-refractivity contribution is 5.90. The van der Waals surface area contributed by atoms with E-state index < -0.39 is 0 Å². The van der Waals surface area contributed by atoms with E-state index in [0.29, 0.717) is 12.2 Å². The monoisotopic (exact) mass is 282 g/mol. The van der Waals surface area contributed by atoms with E-state index in [1.165, 1.54) is 7.11 Å². The number of rotatable bonds is 5. The number of hydrogen-bond donors (Lipinski definition) is 0. The number of carbonyl (C=O) groups is 1. The summed E-state index contributed by atoms with van der Waals surface area (Å²) in [6, 6.07) is 15.2. The van der Waals surface area contributed by atoms with Crippen LogP contribution in [0.25, 0.3) is 6.08 Å². The van der Waals surface area contributed by atoms with Crippen LogP contribution in [0.4, 0.5) is 0 Å². The van der Waals surface area contributed by atoms with Crippen molar-refractivity contribution in [1.29, 1.82) is 0 Å². The van der Waals surface area contributed by atoms with Gasteiger partial charge in [-0.2, -0.15) is 0 Å². The van der Waals surface area contributed by atoms with Crippen LogP contribution in [0.5, 0.6) is 5.75 Å². The Balaban J connectivity index is 2.20. The highest BCUT2D eigenvalue weighted by atomic mass is 16.5. The fourth-order valence-electron chi connectivity index (χ4n) is 1.97. The smallest absolute Gasteiger partial charge is 0.337 e. The Morgan fingerprint density at radius 3 is 2.57 bits per heavy atom. The van der Waals surface area contributed by atoms with Crippen molar-refractivity contribution in [3.05, 3.63) is 71.3 Å². The highest BCUT2D eigenvalue weighted by Crippen LogP contribution is 2.23. The van der Waals surface area contributed by atoms with Gasteiger partial charge in [0.25, 0.3) is 0 Å². The van der Waals surface area contributed by atoms with Crippen molar-refractivity contribution in [2.45, 2.75) is 13.5 Å². The van der Waals surface area contributed by atoms with Gasteiger partial charge in [0.2, 0.25) is 0 Å². The van der Waals surface area contributed by atoms with Gasteiger partial charge in [0, 0.05) is 5.56 Å². The van der Waals surface area contributed by atoms with E-state index in [1.54, 1.807) is 18.2 Å². The maximum Gasteiger partial charge on any atom is 0.337 e. The maximum absolute atomic E-state index is 11.6. The van der Waals surface area contributed by atoms with Crippen LogP contribution in [-0.2, 0) is 11.3 Å². The molecule has 2 aromatic rings. The second-order valence-electron chi connectivity index (χ2n) is 4.52. The van der Waals surface area contributed by atoms with Gasteiger partial charge in [-0.05, 0) is 30.7 Å². The lowest BCUT2D eigenvalue weighted by Crippen LogP contribution is -2.03. The number of benzene rings is 2. The molecular formula is C18H18O3. The zero-order valence-electron chi connectivity index (χ0n) is 12.2. The van der Waals surface area contributed by atoms with Gasteiger partial charge >= 0.3 is 5.97 Å². The van der Waals surface area contributed by atoms with E-state index in [0.717, 1.165) is 16.9 Å². The first-order chi connectivity index (χ1) is 10.2. The summed E-state index contributed by atoms with van der Waals surface area (Å²) in [4.78, 5) is 11.6. The third-order valence-corrected chi connectivity index (χ3v) is 3.01. The molecule has 2 aromatic carbocycles. The van der Waals surface area contributed by atoms with Crippen molar-refractivity contribution in [2.75, 3.05) is 7.11 Å². The minimum atomic E-state index is -0.352. The number of allylic oxidation sites excluding steroid dienone is 1. The summed E-state index contributed by atoms with van der Waals surface area (Å²) >= 11 is 0. The van der Waals surface area contributed by atoms with Crippen molar-refractivity contribution in [1.82, 2.24) is 0 Å². The van der Waals surface area contributed by atoms with Crippen LogP contribution < -0.4 is 4.74 Å². The molecule has 21 heavy (non-hydrogen) atoms. The van der Waals surface area contributed by atoms with Crippen molar-refractivity contribution in [2.24, 2.45) is 0 Å². The molecule has 0 saturated heterocycles. The van der Waals surface area contributed by atoms with Gasteiger partial charge in [-0.15, -0.1) is 0 Å². The molecule has 0 saturated carbocycles. The van der Waals surface area contributed by atoms with Gasteiger partial charge in [0.15, 0.2) is 0 Å². The first-order valence-corrected chi connectivity index (χ1v) is 6.76. The molecule has 0 aliphatic rings. The molecule has 0 bridgehead atoms. The lowest BCUT2D eigenvalue weighted by molar-refractivity contribution is 0.0600. The molecule has 0 radical (unpaired) electrons. The first-order valence-electron chi connectivity index (χ1n) is 6.76. The lowest BCUT2D eigenvalue weighted by atomic mass is 10.1. The fraction of sp³-hybridized carbons (Fsp3) is 0.167. The van der Waals surface area contributed by atoms with Crippen LogP contribution in [0, 0.1) is 0 Å². The zero-order valence-corrected chi connectivity index (χ0v) is 12.2. The van der Waals surface area contributed by atoms with Gasteiger partial charge in [-0.1, -0.05) is 42.5 Å². The molecule has 3 nitrogen and oxygen atoms in total. The molecule has 108 valence electrons. The lowest BCUT2D eigenvalue weighted by Gasteiger charge is -2.10. The SMILES string of the molecule is CC=Cc1cc(C(=O)OC)ccc1OCc1ccccc1. The average molecular weight is 282 g/mol. The molecule has 2 rings (SSSR count). The van der Waals surface area contributed by atoms with Gasteiger partial charge in [0.1, 0.15) is 12.4 Å². The highest BCUT2D eigenvalue weighted by Gasteiger charge is 2.09. The Morgan fingerprint density at radius 1 is 1.14 bits per heavy atom. The summed E-state index contributed by atoms with van der Waals surface area (Å²) < 4.78 is 10.6. The van der Waals surface area contributed by atoms with Crippen molar-refractivity contribution < 1.29 is 14.3 Å². The predicted molar refractivity (Wildman–Crippen MR) is 83.3 cm³/mol. The van der Waals surface area contributed by atoms with Crippen LogP contribution in [0.2, 0.25) is 0 Å². The molecule has 0 unspecified atom stereocenters. The van der Waals surface area contributed by atoms with E-state index in [1.807, 2.05) is 49.4 Å². The molecule has 0 aliphatic carbocycles. The first kappa shape index (κ1) is 14.9. The Morgan fingerprint density at radius 2 is 1.90 bits per heavy atom. The molecule has 0 aromatic heterocycles. The molecular weight excluding hydrogens is 264 g/mol. The minimum Gasteiger partial charge on any atom is -0.488 e. The second-order valence-corrected chi connectivity index (χ2v) is 4.52. The Labute approximate surface area is 124 Å². The van der Waals surface area contributed by atoms with Crippen molar-refractivity contribution in [3.63, 3.8) is 0 Å². The fourth-order valence-corrected chi connectivity index (χ4v) is 1.97. The van der Waals surface area contributed by atoms with E-state index in [2.05, 4.69) is 0 Å². The molecule has 0 spiro atoms. The Kier molecular flexibility index (Phi) is 5.16. The van der Waals surface area contributed by atoms with Gasteiger partial charge in [0.05, 0.1) is 12.7 Å². The van der Waals surface area contributed by atoms with Gasteiger partial charge in [-0.3, -0.25) is 0 Å². The average Bonchev–Trinajstić information content (AvgIpc) is 2.54. The van der Waals surface area contributed by atoms with Crippen LogP contribution in [0.3, 0.4) is 0 Å². The van der Waals surface area contributed by atoms with Gasteiger partial charge in [-0.25, -0.2) is 4.79 Å². The van der Waals surface area contributed by atoms with E-state index in [-0.39, 0.29) is 5.97 Å². The Bertz CT molecular complexity index is 630. The summed E-state index contributed by atoms with van der Waals surface area (Å²) in [5.74, 6) is 0.389. The number of carbonyl (C=O) groups excluding carboxylic acids is 1. The van der Waals surface area contributed by atoms with E-state index >= 15 is 0 Å². The number of hydrogen-bond acceptors (Lipinski definition) is 3. The standard InChI is InChI=1S/C18H18O3/c1-3-7-15-12-16(18(19)20-2)10-11-17(15)21-13-14-8-5-4-6-9-14/h3-12H,13H2,1-2H3. The minimum absolute atomic E-state index is 0.352. The quantitative estimate of drug-likeness (QED) is 0.775. The van der Waals surface area contributed by atoms with Crippen molar-refractivity contribution >= 4 is 12.0 Å². The molecule has 3 heteroatoms. The summed E-state index contributed by atoms with van der Waals surface area (Å²) in [6.07, 6.45) is 3.82. The topological polar surface area (TPSA) is 35.5 Å². The maximum atomic E-state index is 11.6. The summed E-state index contributed by atoms with van der Waals surface area (Å²) in [7, 11) is 1.37. The van der Waals surface area contributed by atoms with Crippen molar-refractivity contribution in [3.8, 4) is 5.75 Å². The molecule has 0 atom stereocenters. The summed E-state index contributed by atoms with van der Waals surface area (Å²) in [5, 5.41) is 0.